The maximum atomic E-state index is 12.4. The van der Waals surface area contributed by atoms with E-state index in [4.69, 9.17) is 4.74 Å². The van der Waals surface area contributed by atoms with Crippen molar-refractivity contribution >= 4 is 22.8 Å². The number of H-pyrrole nitrogens is 1. The summed E-state index contributed by atoms with van der Waals surface area (Å²) in [5.74, 6) is 0.523. The Bertz CT molecular complexity index is 1220. The van der Waals surface area contributed by atoms with E-state index in [9.17, 15) is 9.90 Å². The fraction of sp³-hybridized carbons (Fsp3) is 0.240. The number of nitrogens with zero attached hydrogens (tertiary/aromatic N) is 4. The van der Waals surface area contributed by atoms with Gasteiger partial charge in [0.2, 0.25) is 5.95 Å². The second kappa shape index (κ2) is 9.30. The van der Waals surface area contributed by atoms with E-state index in [-0.39, 0.29) is 0 Å². The first-order chi connectivity index (χ1) is 16.2. The van der Waals surface area contributed by atoms with Gasteiger partial charge in [-0.25, -0.2) is 9.97 Å². The number of hydrogen-bond donors (Lipinski definition) is 2. The van der Waals surface area contributed by atoms with Crippen LogP contribution in [-0.2, 0) is 11.4 Å². The van der Waals surface area contributed by atoms with Crippen LogP contribution in [0.15, 0.2) is 73.2 Å². The standard InChI is InChI=1S/C25H25N5O3/c31-24(32)23(29-11-13-30(14-12-29)25-26-9-4-10-27-25)21-16-28-22-8-7-19(15-20(21)22)33-17-18-5-2-1-3-6-18/h1-10,15-16,23,28H,11-14,17H2,(H,31,32). The van der Waals surface area contributed by atoms with E-state index in [1.165, 1.54) is 0 Å². The summed E-state index contributed by atoms with van der Waals surface area (Å²) in [5.41, 5.74) is 2.71. The van der Waals surface area contributed by atoms with Crippen molar-refractivity contribution < 1.29 is 14.6 Å². The minimum absolute atomic E-state index is 0.456. The van der Waals surface area contributed by atoms with Crippen LogP contribution in [0.4, 0.5) is 5.95 Å². The van der Waals surface area contributed by atoms with Gasteiger partial charge in [-0.3, -0.25) is 9.69 Å². The van der Waals surface area contributed by atoms with Crippen molar-refractivity contribution in [1.29, 1.82) is 0 Å². The second-order valence-corrected chi connectivity index (χ2v) is 8.04. The highest BCUT2D eigenvalue weighted by Crippen LogP contribution is 2.32. The number of nitrogens with one attached hydrogen (secondary N) is 1. The molecule has 2 aromatic heterocycles. The molecule has 0 aliphatic carbocycles. The van der Waals surface area contributed by atoms with Crippen molar-refractivity contribution in [2.24, 2.45) is 0 Å². The van der Waals surface area contributed by atoms with Gasteiger partial charge in [0.1, 0.15) is 18.4 Å². The van der Waals surface area contributed by atoms with Gasteiger partial charge in [0.05, 0.1) is 0 Å². The quantitative estimate of drug-likeness (QED) is 0.452. The number of carbonyl (C=O) groups is 1. The molecule has 8 heteroatoms. The Morgan fingerprint density at radius 2 is 1.79 bits per heavy atom. The Labute approximate surface area is 191 Å². The van der Waals surface area contributed by atoms with Gasteiger partial charge in [0.15, 0.2) is 0 Å². The molecule has 1 atom stereocenters. The Morgan fingerprint density at radius 1 is 1.03 bits per heavy atom. The minimum Gasteiger partial charge on any atom is -0.489 e. The summed E-state index contributed by atoms with van der Waals surface area (Å²) in [4.78, 5) is 28.3. The Hall–Kier alpha value is -3.91. The van der Waals surface area contributed by atoms with Gasteiger partial charge in [-0.1, -0.05) is 30.3 Å². The van der Waals surface area contributed by atoms with Gasteiger partial charge in [-0.05, 0) is 29.8 Å². The van der Waals surface area contributed by atoms with Crippen molar-refractivity contribution in [3.63, 3.8) is 0 Å². The lowest BCUT2D eigenvalue weighted by Gasteiger charge is -2.37. The summed E-state index contributed by atoms with van der Waals surface area (Å²) in [5, 5.41) is 11.0. The van der Waals surface area contributed by atoms with E-state index in [0.29, 0.717) is 44.5 Å². The number of anilines is 1. The van der Waals surface area contributed by atoms with Crippen molar-refractivity contribution in [1.82, 2.24) is 19.9 Å². The molecular formula is C25H25N5O3. The predicted molar refractivity (Wildman–Crippen MR) is 125 cm³/mol. The molecule has 0 saturated carbocycles. The first kappa shape index (κ1) is 21.0. The van der Waals surface area contributed by atoms with Gasteiger partial charge in [0.25, 0.3) is 0 Å². The zero-order valence-corrected chi connectivity index (χ0v) is 18.1. The first-order valence-electron chi connectivity index (χ1n) is 11.0. The molecule has 1 aliphatic rings. The van der Waals surface area contributed by atoms with Gasteiger partial charge in [-0.15, -0.1) is 0 Å². The number of benzene rings is 2. The third-order valence-electron chi connectivity index (χ3n) is 5.98. The smallest absolute Gasteiger partial charge is 0.325 e. The molecule has 2 N–H and O–H groups in total. The Morgan fingerprint density at radius 3 is 2.52 bits per heavy atom. The molecule has 0 radical (unpaired) electrons. The molecule has 0 bridgehead atoms. The highest BCUT2D eigenvalue weighted by molar-refractivity contribution is 5.90. The Balaban J connectivity index is 1.35. The van der Waals surface area contributed by atoms with Crippen LogP contribution in [0.2, 0.25) is 0 Å². The molecule has 33 heavy (non-hydrogen) atoms. The highest BCUT2D eigenvalue weighted by atomic mass is 16.5. The summed E-state index contributed by atoms with van der Waals surface area (Å²) in [6.45, 7) is 3.00. The van der Waals surface area contributed by atoms with Crippen LogP contribution >= 0.6 is 0 Å². The van der Waals surface area contributed by atoms with E-state index < -0.39 is 12.0 Å². The highest BCUT2D eigenvalue weighted by Gasteiger charge is 2.32. The van der Waals surface area contributed by atoms with Crippen molar-refractivity contribution in [3.05, 3.63) is 84.3 Å². The number of rotatable bonds is 7. The number of carboxylic acids is 1. The molecule has 3 heterocycles. The molecule has 2 aromatic carbocycles. The number of carboxylic acid groups (broad SMARTS) is 1. The average Bonchev–Trinajstić information content (AvgIpc) is 3.27. The lowest BCUT2D eigenvalue weighted by molar-refractivity contribution is -0.143. The lowest BCUT2D eigenvalue weighted by Crippen LogP contribution is -2.49. The fourth-order valence-electron chi connectivity index (χ4n) is 4.30. The van der Waals surface area contributed by atoms with Crippen LogP contribution in [0.1, 0.15) is 17.2 Å². The number of ether oxygens (including phenoxy) is 1. The molecule has 1 fully saturated rings. The van der Waals surface area contributed by atoms with Crippen molar-refractivity contribution in [2.75, 3.05) is 31.1 Å². The van der Waals surface area contributed by atoms with Crippen LogP contribution in [0.25, 0.3) is 10.9 Å². The summed E-state index contributed by atoms with van der Waals surface area (Å²) < 4.78 is 5.98. The molecule has 8 nitrogen and oxygen atoms in total. The third-order valence-corrected chi connectivity index (χ3v) is 5.98. The molecule has 0 spiro atoms. The number of fused-ring (bicyclic) bond motifs is 1. The van der Waals surface area contributed by atoms with Crippen molar-refractivity contribution in [2.45, 2.75) is 12.6 Å². The van der Waals surface area contributed by atoms with Crippen molar-refractivity contribution in [3.8, 4) is 5.75 Å². The van der Waals surface area contributed by atoms with Crippen LogP contribution in [0.3, 0.4) is 0 Å². The normalized spacial score (nSPS) is 15.5. The number of aromatic amines is 1. The molecule has 0 amide bonds. The molecule has 1 saturated heterocycles. The molecule has 4 aromatic rings. The number of piperazine rings is 1. The molecule has 1 unspecified atom stereocenters. The van der Waals surface area contributed by atoms with Gasteiger partial charge in [0, 0.05) is 61.2 Å². The fourth-order valence-corrected chi connectivity index (χ4v) is 4.30. The van der Waals surface area contributed by atoms with Crippen LogP contribution < -0.4 is 9.64 Å². The summed E-state index contributed by atoms with van der Waals surface area (Å²) in [6.07, 6.45) is 5.24. The minimum atomic E-state index is -0.865. The zero-order chi connectivity index (χ0) is 22.6. The van der Waals surface area contributed by atoms with Gasteiger partial charge >= 0.3 is 5.97 Å². The number of hydrogen-bond acceptors (Lipinski definition) is 6. The van der Waals surface area contributed by atoms with E-state index in [0.717, 1.165) is 22.0 Å². The SMILES string of the molecule is O=C(O)C(c1c[nH]c2ccc(OCc3ccccc3)cc12)N1CCN(c2ncccn2)CC1. The van der Waals surface area contributed by atoms with Crippen LogP contribution in [-0.4, -0.2) is 57.1 Å². The summed E-state index contributed by atoms with van der Waals surface area (Å²) >= 11 is 0. The van der Waals surface area contributed by atoms with E-state index >= 15 is 0 Å². The number of aliphatic carboxylic acids is 1. The lowest BCUT2D eigenvalue weighted by atomic mass is 10.0. The maximum absolute atomic E-state index is 12.4. The van der Waals surface area contributed by atoms with Crippen LogP contribution in [0.5, 0.6) is 5.75 Å². The second-order valence-electron chi connectivity index (χ2n) is 8.04. The summed E-state index contributed by atoms with van der Waals surface area (Å²) in [6, 6.07) is 16.8. The largest absolute Gasteiger partial charge is 0.489 e. The van der Waals surface area contributed by atoms with E-state index in [1.807, 2.05) is 53.4 Å². The van der Waals surface area contributed by atoms with Crippen LogP contribution in [0, 0.1) is 0 Å². The van der Waals surface area contributed by atoms with E-state index in [2.05, 4.69) is 19.9 Å². The average molecular weight is 444 g/mol. The van der Waals surface area contributed by atoms with E-state index in [1.54, 1.807) is 24.7 Å². The monoisotopic (exact) mass is 443 g/mol. The first-order valence-corrected chi connectivity index (χ1v) is 11.0. The molecule has 1 aliphatic heterocycles. The zero-order valence-electron chi connectivity index (χ0n) is 18.1. The van der Waals surface area contributed by atoms with Gasteiger partial charge in [-0.2, -0.15) is 0 Å². The topological polar surface area (TPSA) is 94.6 Å². The third kappa shape index (κ3) is 4.51. The maximum Gasteiger partial charge on any atom is 0.325 e. The molecular weight excluding hydrogens is 418 g/mol. The van der Waals surface area contributed by atoms with Gasteiger partial charge < -0.3 is 19.7 Å². The predicted octanol–water partition coefficient (Wildman–Crippen LogP) is 3.48. The molecule has 5 rings (SSSR count). The Kier molecular flexibility index (Phi) is 5.91. The number of aromatic nitrogens is 3. The summed E-state index contributed by atoms with van der Waals surface area (Å²) in [7, 11) is 0. The molecule has 168 valence electrons.